The van der Waals surface area contributed by atoms with Gasteiger partial charge in [-0.3, -0.25) is 9.69 Å². The summed E-state index contributed by atoms with van der Waals surface area (Å²) >= 11 is 5.41. The van der Waals surface area contributed by atoms with Crippen LogP contribution in [0.1, 0.15) is 12.8 Å². The summed E-state index contributed by atoms with van der Waals surface area (Å²) in [5.74, 6) is -0.209. The molecule has 1 aromatic carbocycles. The summed E-state index contributed by atoms with van der Waals surface area (Å²) in [5.41, 5.74) is 0.882. The first-order valence-corrected chi connectivity index (χ1v) is 10.3. The highest BCUT2D eigenvalue weighted by Crippen LogP contribution is 2.28. The van der Waals surface area contributed by atoms with Gasteiger partial charge in [0, 0.05) is 33.1 Å². The second kappa shape index (κ2) is 8.88. The van der Waals surface area contributed by atoms with Crippen LogP contribution in [-0.4, -0.2) is 72.2 Å². The van der Waals surface area contributed by atoms with E-state index in [0.29, 0.717) is 48.4 Å². The molecule has 164 valence electrons. The number of hydrogen-bond donors (Lipinski definition) is 1. The quantitative estimate of drug-likeness (QED) is 0.694. The maximum atomic E-state index is 14.9. The van der Waals surface area contributed by atoms with Crippen LogP contribution in [0.3, 0.4) is 0 Å². The molecule has 2 aromatic rings. The number of anilines is 2. The van der Waals surface area contributed by atoms with Crippen molar-refractivity contribution in [2.24, 2.45) is 0 Å². The third kappa shape index (κ3) is 4.61. The Balaban J connectivity index is 1.38. The van der Waals surface area contributed by atoms with Crippen molar-refractivity contribution in [3.05, 3.63) is 42.4 Å². The molecule has 31 heavy (non-hydrogen) atoms. The maximum Gasteiger partial charge on any atom is 0.414 e. The van der Waals surface area contributed by atoms with Crippen LogP contribution in [0.15, 0.2) is 35.1 Å². The van der Waals surface area contributed by atoms with Crippen LogP contribution in [0.25, 0.3) is 0 Å². The van der Waals surface area contributed by atoms with E-state index in [4.69, 9.17) is 21.4 Å². The van der Waals surface area contributed by atoms with Gasteiger partial charge in [-0.15, -0.1) is 0 Å². The summed E-state index contributed by atoms with van der Waals surface area (Å²) < 4.78 is 25.4. The molecule has 2 saturated heterocycles. The van der Waals surface area contributed by atoms with E-state index < -0.39 is 18.0 Å². The molecule has 1 aromatic heterocycles. The number of rotatable bonds is 5. The fourth-order valence-corrected chi connectivity index (χ4v) is 3.91. The smallest absolute Gasteiger partial charge is 0.414 e. The summed E-state index contributed by atoms with van der Waals surface area (Å²) in [4.78, 5) is 33.1. The second-order valence-electron chi connectivity index (χ2n) is 7.31. The molecule has 0 saturated carbocycles. The number of amides is 2. The van der Waals surface area contributed by atoms with Gasteiger partial charge in [0.05, 0.1) is 30.7 Å². The number of carbonyl (C=O) groups excluding carboxylic acids is 2. The number of hydrogen-bond acceptors (Lipinski definition) is 7. The molecule has 11 heteroatoms. The molecule has 3 heterocycles. The van der Waals surface area contributed by atoms with Crippen LogP contribution >= 0.6 is 12.2 Å². The van der Waals surface area contributed by atoms with E-state index in [9.17, 15) is 14.0 Å². The number of ether oxygens (including phenoxy) is 1. The fraction of sp³-hybridized carbons (Fsp3) is 0.400. The number of oxazole rings is 1. The van der Waals surface area contributed by atoms with Gasteiger partial charge in [-0.05, 0) is 18.2 Å². The molecule has 4 rings (SSSR count). The highest BCUT2D eigenvalue weighted by Gasteiger charge is 2.33. The van der Waals surface area contributed by atoms with Crippen molar-refractivity contribution < 1.29 is 23.1 Å². The molecule has 1 unspecified atom stereocenters. The zero-order valence-corrected chi connectivity index (χ0v) is 17.7. The molecule has 0 aliphatic carbocycles. The lowest BCUT2D eigenvalue weighted by atomic mass is 10.2. The molecule has 9 nitrogen and oxygen atoms in total. The molecule has 2 aliphatic rings. The molecule has 0 bridgehead atoms. The van der Waals surface area contributed by atoms with Crippen molar-refractivity contribution in [3.8, 4) is 0 Å². The van der Waals surface area contributed by atoms with Gasteiger partial charge in [0.1, 0.15) is 18.2 Å². The zero-order valence-electron chi connectivity index (χ0n) is 16.9. The summed E-state index contributed by atoms with van der Waals surface area (Å²) in [6, 6.07) is 4.70. The number of cyclic esters (lactones) is 1. The number of thiocarbonyl (C=S) groups is 1. The SMILES string of the molecule is CC(=O)NCC1CN(c2ccc(N3CCN(C(=S)c4ncco4)CC3)c(F)c2)C(=O)O1. The van der Waals surface area contributed by atoms with Gasteiger partial charge in [0.15, 0.2) is 4.99 Å². The Morgan fingerprint density at radius 2 is 2.10 bits per heavy atom. The van der Waals surface area contributed by atoms with Crippen molar-refractivity contribution in [2.75, 3.05) is 49.1 Å². The Bertz CT molecular complexity index is 978. The van der Waals surface area contributed by atoms with Crippen LogP contribution in [0.5, 0.6) is 0 Å². The van der Waals surface area contributed by atoms with Gasteiger partial charge in [0.2, 0.25) is 5.91 Å². The van der Waals surface area contributed by atoms with Gasteiger partial charge in [0.25, 0.3) is 5.89 Å². The molecule has 1 N–H and O–H groups in total. The van der Waals surface area contributed by atoms with Gasteiger partial charge in [-0.25, -0.2) is 14.2 Å². The third-order valence-electron chi connectivity index (χ3n) is 5.22. The van der Waals surface area contributed by atoms with E-state index in [1.807, 2.05) is 9.80 Å². The monoisotopic (exact) mass is 447 g/mol. The van der Waals surface area contributed by atoms with Crippen LogP contribution in [0, 0.1) is 5.82 Å². The molecule has 0 spiro atoms. The van der Waals surface area contributed by atoms with E-state index in [-0.39, 0.29) is 19.0 Å². The minimum absolute atomic E-state index is 0.203. The molecule has 2 aliphatic heterocycles. The van der Waals surface area contributed by atoms with E-state index in [1.54, 1.807) is 18.3 Å². The lowest BCUT2D eigenvalue weighted by Gasteiger charge is -2.37. The fourth-order valence-electron chi connectivity index (χ4n) is 3.63. The average molecular weight is 447 g/mol. The predicted molar refractivity (Wildman–Crippen MR) is 115 cm³/mol. The number of aromatic nitrogens is 1. The van der Waals surface area contributed by atoms with E-state index in [1.165, 1.54) is 24.2 Å². The van der Waals surface area contributed by atoms with Crippen molar-refractivity contribution >= 4 is 40.6 Å². The van der Waals surface area contributed by atoms with Crippen molar-refractivity contribution in [2.45, 2.75) is 13.0 Å². The topological polar surface area (TPSA) is 91.2 Å². The molecule has 0 radical (unpaired) electrons. The van der Waals surface area contributed by atoms with Gasteiger partial charge >= 0.3 is 6.09 Å². The van der Waals surface area contributed by atoms with Crippen LogP contribution in [-0.2, 0) is 9.53 Å². The van der Waals surface area contributed by atoms with E-state index >= 15 is 0 Å². The van der Waals surface area contributed by atoms with Crippen LogP contribution in [0.2, 0.25) is 0 Å². The van der Waals surface area contributed by atoms with Gasteiger partial charge in [-0.2, -0.15) is 0 Å². The van der Waals surface area contributed by atoms with Crippen molar-refractivity contribution in [3.63, 3.8) is 0 Å². The van der Waals surface area contributed by atoms with E-state index in [2.05, 4.69) is 10.3 Å². The Morgan fingerprint density at radius 3 is 2.74 bits per heavy atom. The standard InChI is InChI=1S/C20H22FN5O4S/c1-13(27)23-11-15-12-26(20(28)30-15)14-2-3-17(16(21)10-14)24-5-7-25(8-6-24)19(31)18-22-4-9-29-18/h2-4,9-10,15H,5-8,11-12H2,1H3,(H,23,27). The number of piperazine rings is 1. The zero-order chi connectivity index (χ0) is 22.0. The predicted octanol–water partition coefficient (Wildman–Crippen LogP) is 1.77. The minimum Gasteiger partial charge on any atom is -0.443 e. The third-order valence-corrected chi connectivity index (χ3v) is 5.65. The number of carbonyl (C=O) groups is 2. The Hall–Kier alpha value is -3.21. The van der Waals surface area contributed by atoms with Crippen molar-refractivity contribution in [1.82, 2.24) is 15.2 Å². The number of nitrogens with zero attached hydrogens (tertiary/aromatic N) is 4. The Labute approximate surface area is 183 Å². The summed E-state index contributed by atoms with van der Waals surface area (Å²) in [7, 11) is 0. The first kappa shape index (κ1) is 21.0. The maximum absolute atomic E-state index is 14.9. The summed E-state index contributed by atoms with van der Waals surface area (Å²) in [5, 5.41) is 2.62. The lowest BCUT2D eigenvalue weighted by Crippen LogP contribution is -2.48. The molecule has 2 fully saturated rings. The van der Waals surface area contributed by atoms with Crippen LogP contribution < -0.4 is 15.1 Å². The largest absolute Gasteiger partial charge is 0.443 e. The number of halogens is 1. The van der Waals surface area contributed by atoms with Gasteiger partial charge < -0.3 is 24.3 Å². The minimum atomic E-state index is -0.559. The number of benzene rings is 1. The Morgan fingerprint density at radius 1 is 1.32 bits per heavy atom. The summed E-state index contributed by atoms with van der Waals surface area (Å²) in [6.07, 6.45) is 2.00. The second-order valence-corrected chi connectivity index (χ2v) is 7.69. The molecular formula is C20H22FN5O4S. The molecule has 1 atom stereocenters. The number of nitrogens with one attached hydrogen (secondary N) is 1. The normalized spacial score (nSPS) is 18.8. The lowest BCUT2D eigenvalue weighted by molar-refractivity contribution is -0.119. The van der Waals surface area contributed by atoms with Gasteiger partial charge in [-0.1, -0.05) is 12.2 Å². The first-order chi connectivity index (χ1) is 14.9. The Kier molecular flexibility index (Phi) is 6.03. The highest BCUT2D eigenvalue weighted by atomic mass is 32.1. The van der Waals surface area contributed by atoms with Crippen LogP contribution in [0.4, 0.5) is 20.6 Å². The first-order valence-electron chi connectivity index (χ1n) is 9.88. The average Bonchev–Trinajstić information content (AvgIpc) is 3.42. The molecular weight excluding hydrogens is 425 g/mol. The molecule has 2 amide bonds. The summed E-state index contributed by atoms with van der Waals surface area (Å²) in [6.45, 7) is 4.26. The van der Waals surface area contributed by atoms with Crippen molar-refractivity contribution in [1.29, 1.82) is 0 Å². The van der Waals surface area contributed by atoms with E-state index in [0.717, 1.165) is 0 Å². The highest BCUT2D eigenvalue weighted by molar-refractivity contribution is 7.80.